The maximum Gasteiger partial charge on any atom is 0.310 e. The van der Waals surface area contributed by atoms with Crippen molar-refractivity contribution in [3.8, 4) is 0 Å². The minimum atomic E-state index is -1.90. The Kier molecular flexibility index (Phi) is 8.92. The molecule has 4 N–H and O–H groups in total. The van der Waals surface area contributed by atoms with E-state index in [0.717, 1.165) is 0 Å². The van der Waals surface area contributed by atoms with Crippen LogP contribution in [0.25, 0.3) is 0 Å². The Morgan fingerprint density at radius 2 is 1.32 bits per heavy atom. The number of thioether (sulfide) groups is 1. The van der Waals surface area contributed by atoms with Gasteiger partial charge in [-0.2, -0.15) is 11.8 Å². The predicted octanol–water partition coefficient (Wildman–Crippen LogP) is 1.52. The molecule has 22 heavy (non-hydrogen) atoms. The number of carbonyl (C=O) groups excluding carboxylic acids is 2. The van der Waals surface area contributed by atoms with Crippen molar-refractivity contribution in [1.29, 1.82) is 0 Å². The van der Waals surface area contributed by atoms with Crippen molar-refractivity contribution < 1.29 is 18.4 Å². The fraction of sp³-hybridized carbons (Fsp3) is 0.846. The normalized spacial score (nSPS) is 15.1. The van der Waals surface area contributed by atoms with E-state index in [-0.39, 0.29) is 11.9 Å². The monoisotopic (exact) mass is 366 g/mol. The first kappa shape index (κ1) is 21.6. The van der Waals surface area contributed by atoms with Gasteiger partial charge in [-0.15, -0.1) is 0 Å². The van der Waals surface area contributed by atoms with E-state index in [0.29, 0.717) is 17.9 Å². The molecule has 0 heterocycles. The molecule has 0 saturated carbocycles. The van der Waals surface area contributed by atoms with Gasteiger partial charge in [-0.05, 0) is 51.5 Å². The lowest BCUT2D eigenvalue weighted by molar-refractivity contribution is -0.137. The van der Waals surface area contributed by atoms with Gasteiger partial charge in [0.2, 0.25) is 16.6 Å². The molecule has 0 spiro atoms. The van der Waals surface area contributed by atoms with Crippen LogP contribution in [0.2, 0.25) is 39.3 Å². The Morgan fingerprint density at radius 3 is 1.73 bits per heavy atom. The summed E-state index contributed by atoms with van der Waals surface area (Å²) in [7, 11) is -3.80. The Hall–Kier alpha value is -0.356. The van der Waals surface area contributed by atoms with Crippen LogP contribution in [0.4, 0.5) is 0 Å². The summed E-state index contributed by atoms with van der Waals surface area (Å²) in [6, 6.07) is -1.26. The molecule has 0 bridgehead atoms. The van der Waals surface area contributed by atoms with Gasteiger partial charge in [0.25, 0.3) is 0 Å². The van der Waals surface area contributed by atoms with Crippen LogP contribution in [0.3, 0.4) is 0 Å². The van der Waals surface area contributed by atoms with Crippen molar-refractivity contribution in [3.05, 3.63) is 0 Å². The lowest BCUT2D eigenvalue weighted by Gasteiger charge is -2.21. The smallest absolute Gasteiger partial charge is 0.310 e. The lowest BCUT2D eigenvalue weighted by atomic mass is 10.2. The van der Waals surface area contributed by atoms with Gasteiger partial charge in [0.05, 0.1) is 0 Å². The van der Waals surface area contributed by atoms with Crippen LogP contribution >= 0.6 is 11.8 Å². The van der Waals surface area contributed by atoms with Crippen molar-refractivity contribution in [3.63, 3.8) is 0 Å². The summed E-state index contributed by atoms with van der Waals surface area (Å²) in [4.78, 5) is 23.5. The molecule has 0 aliphatic rings. The molecule has 0 amide bonds. The van der Waals surface area contributed by atoms with E-state index in [1.165, 1.54) is 11.8 Å². The maximum atomic E-state index is 11.7. The first-order valence-corrected chi connectivity index (χ1v) is 15.3. The average Bonchev–Trinajstić information content (AvgIpc) is 2.29. The molecule has 9 heteroatoms. The zero-order valence-electron chi connectivity index (χ0n) is 14.5. The van der Waals surface area contributed by atoms with E-state index in [2.05, 4.69) is 0 Å². The highest BCUT2D eigenvalue weighted by molar-refractivity contribution is 7.99. The molecule has 130 valence electrons. The third-order valence-electron chi connectivity index (χ3n) is 2.29. The second-order valence-corrected chi connectivity index (χ2v) is 17.2. The molecule has 0 fully saturated rings. The van der Waals surface area contributed by atoms with E-state index < -0.39 is 28.7 Å². The summed E-state index contributed by atoms with van der Waals surface area (Å²) in [5, 5.41) is 0. The minimum absolute atomic E-state index is 0.345. The summed E-state index contributed by atoms with van der Waals surface area (Å²) in [5.41, 5.74) is 11.6. The fourth-order valence-corrected chi connectivity index (χ4v) is 3.85. The molecule has 0 aromatic heterocycles. The molecule has 0 aliphatic carbocycles. The van der Waals surface area contributed by atoms with Gasteiger partial charge in [0, 0.05) is 5.75 Å². The Labute approximate surface area is 139 Å². The summed E-state index contributed by atoms with van der Waals surface area (Å²) in [5.74, 6) is 0.408. The van der Waals surface area contributed by atoms with E-state index in [1.54, 1.807) is 0 Å². The molecule has 0 unspecified atom stereocenters. The number of nitrogens with two attached hydrogens (primary N) is 2. The molecule has 0 radical (unpaired) electrons. The van der Waals surface area contributed by atoms with Gasteiger partial charge in [-0.1, -0.05) is 0 Å². The molecule has 0 aliphatic heterocycles. The van der Waals surface area contributed by atoms with Crippen LogP contribution in [-0.4, -0.2) is 52.2 Å². The third kappa shape index (κ3) is 11.2. The fourth-order valence-electron chi connectivity index (χ4n) is 1.36. The summed E-state index contributed by atoms with van der Waals surface area (Å²) < 4.78 is 10.7. The molecule has 0 aromatic rings. The first-order valence-electron chi connectivity index (χ1n) is 7.36. The summed E-state index contributed by atoms with van der Waals surface area (Å²) in [6.45, 7) is 11.6. The van der Waals surface area contributed by atoms with Gasteiger partial charge in [-0.3, -0.25) is 9.59 Å². The molecule has 0 saturated heterocycles. The van der Waals surface area contributed by atoms with Gasteiger partial charge in [-0.25, -0.2) is 0 Å². The van der Waals surface area contributed by atoms with Crippen LogP contribution in [0.5, 0.6) is 0 Å². The van der Waals surface area contributed by atoms with E-state index in [4.69, 9.17) is 20.3 Å². The van der Waals surface area contributed by atoms with Crippen molar-refractivity contribution >= 4 is 40.3 Å². The van der Waals surface area contributed by atoms with Crippen molar-refractivity contribution in [2.45, 2.75) is 57.8 Å². The van der Waals surface area contributed by atoms with Gasteiger partial charge < -0.3 is 20.3 Å². The topological polar surface area (TPSA) is 105 Å². The van der Waals surface area contributed by atoms with Gasteiger partial charge in [0.15, 0.2) is 0 Å². The second-order valence-electron chi connectivity index (χ2n) is 7.14. The lowest BCUT2D eigenvalue weighted by Crippen LogP contribution is -2.41. The Bertz CT molecular complexity index is 347. The molecule has 0 aromatic carbocycles. The van der Waals surface area contributed by atoms with Crippen molar-refractivity contribution in [2.75, 3.05) is 11.5 Å². The van der Waals surface area contributed by atoms with Gasteiger partial charge >= 0.3 is 11.9 Å². The van der Waals surface area contributed by atoms with Gasteiger partial charge in [0.1, 0.15) is 12.1 Å². The number of carbonyl (C=O) groups is 2. The standard InChI is InChI=1S/C13H30N2O4SSi2/c1-21(2,3)18-12(16)10(14)7-8-20-9-11(15)13(17)19-22(4,5)6/h10-11H,7-9,14-15H2,1-6H3/t10-,11-/m0/s1. The largest absolute Gasteiger partial charge is 0.519 e. The first-order chi connectivity index (χ1) is 9.82. The number of rotatable bonds is 9. The predicted molar refractivity (Wildman–Crippen MR) is 96.8 cm³/mol. The third-order valence-corrected chi connectivity index (χ3v) is 5.04. The zero-order valence-corrected chi connectivity index (χ0v) is 17.3. The van der Waals surface area contributed by atoms with Crippen LogP contribution in [0.15, 0.2) is 0 Å². The van der Waals surface area contributed by atoms with Crippen LogP contribution < -0.4 is 11.5 Å². The zero-order chi connectivity index (χ0) is 17.6. The van der Waals surface area contributed by atoms with Crippen molar-refractivity contribution in [1.82, 2.24) is 0 Å². The number of hydrogen-bond donors (Lipinski definition) is 2. The molecule has 0 rings (SSSR count). The molecule has 6 nitrogen and oxygen atoms in total. The highest BCUT2D eigenvalue weighted by Crippen LogP contribution is 2.11. The highest BCUT2D eigenvalue weighted by atomic mass is 32.2. The summed E-state index contributed by atoms with van der Waals surface area (Å²) in [6.07, 6.45) is 0.504. The van der Waals surface area contributed by atoms with Crippen LogP contribution in [0, 0.1) is 0 Å². The minimum Gasteiger partial charge on any atom is -0.519 e. The molecular formula is C13H30N2O4SSi2. The maximum absolute atomic E-state index is 11.7. The van der Waals surface area contributed by atoms with Crippen molar-refractivity contribution in [2.24, 2.45) is 11.5 Å². The van der Waals surface area contributed by atoms with E-state index in [1.807, 2.05) is 39.3 Å². The molecular weight excluding hydrogens is 336 g/mol. The quantitative estimate of drug-likeness (QED) is 0.471. The molecule has 2 atom stereocenters. The van der Waals surface area contributed by atoms with E-state index >= 15 is 0 Å². The van der Waals surface area contributed by atoms with E-state index in [9.17, 15) is 9.59 Å². The Balaban J connectivity index is 3.97. The van der Waals surface area contributed by atoms with Crippen LogP contribution in [-0.2, 0) is 18.4 Å². The number of hydrogen-bond acceptors (Lipinski definition) is 7. The second kappa shape index (κ2) is 9.07. The average molecular weight is 367 g/mol. The highest BCUT2D eigenvalue weighted by Gasteiger charge is 2.25. The van der Waals surface area contributed by atoms with Crippen LogP contribution in [0.1, 0.15) is 6.42 Å². The SMILES string of the molecule is C[Si](C)(C)OC(=O)[C@@H](N)CCSC[C@H](N)C(=O)O[Si](C)(C)C. The Morgan fingerprint density at radius 1 is 0.909 bits per heavy atom. The summed E-state index contributed by atoms with van der Waals surface area (Å²) >= 11 is 1.49.